The molecule has 5 nitrogen and oxygen atoms in total. The Morgan fingerprint density at radius 3 is 2.83 bits per heavy atom. The van der Waals surface area contributed by atoms with Gasteiger partial charge in [0, 0.05) is 37.0 Å². The third-order valence-electron chi connectivity index (χ3n) is 4.22. The molecule has 1 amide bonds. The predicted molar refractivity (Wildman–Crippen MR) is 93.8 cm³/mol. The van der Waals surface area contributed by atoms with Crippen LogP contribution in [0.25, 0.3) is 0 Å². The van der Waals surface area contributed by atoms with Crippen LogP contribution in [-0.2, 0) is 11.8 Å². The lowest BCUT2D eigenvalue weighted by atomic mass is 9.95. The summed E-state index contributed by atoms with van der Waals surface area (Å²) >= 11 is 1.58. The lowest BCUT2D eigenvalue weighted by Gasteiger charge is -2.22. The number of nitrogens with one attached hydrogen (secondary N) is 1. The standard InChI is InChI=1S/C17H27N3O2S/c1-13-12-16(22)20(2)17(18-13)23-11-7-6-10-15(21)19-14-8-4-3-5-9-14/h12,14H,3-11H2,1-2H3,(H,19,21). The van der Waals surface area contributed by atoms with Gasteiger partial charge in [0.1, 0.15) is 0 Å². The average molecular weight is 337 g/mol. The van der Waals surface area contributed by atoms with Gasteiger partial charge in [-0.2, -0.15) is 0 Å². The molecule has 1 N–H and O–H groups in total. The van der Waals surface area contributed by atoms with Crippen LogP contribution in [0, 0.1) is 6.92 Å². The van der Waals surface area contributed by atoms with Crippen molar-refractivity contribution in [1.29, 1.82) is 0 Å². The molecule has 6 heteroatoms. The molecular weight excluding hydrogens is 310 g/mol. The first-order valence-electron chi connectivity index (χ1n) is 8.53. The van der Waals surface area contributed by atoms with Crippen LogP contribution in [0.1, 0.15) is 57.1 Å². The van der Waals surface area contributed by atoms with Crippen LogP contribution in [0.5, 0.6) is 0 Å². The zero-order valence-electron chi connectivity index (χ0n) is 14.1. The highest BCUT2D eigenvalue weighted by Gasteiger charge is 2.15. The van der Waals surface area contributed by atoms with Crippen LogP contribution < -0.4 is 10.9 Å². The van der Waals surface area contributed by atoms with Gasteiger partial charge in [0.2, 0.25) is 5.91 Å². The van der Waals surface area contributed by atoms with Crippen molar-refractivity contribution in [3.63, 3.8) is 0 Å². The first kappa shape index (κ1) is 18.0. The first-order valence-corrected chi connectivity index (χ1v) is 9.51. The monoisotopic (exact) mass is 337 g/mol. The van der Waals surface area contributed by atoms with E-state index in [4.69, 9.17) is 0 Å². The molecule has 0 saturated heterocycles. The summed E-state index contributed by atoms with van der Waals surface area (Å²) in [6.45, 7) is 1.83. The first-order chi connectivity index (χ1) is 11.1. The van der Waals surface area contributed by atoms with Gasteiger partial charge in [-0.1, -0.05) is 31.0 Å². The maximum atomic E-state index is 11.9. The molecule has 0 atom stereocenters. The molecule has 0 aliphatic heterocycles. The summed E-state index contributed by atoms with van der Waals surface area (Å²) in [5, 5.41) is 3.90. The summed E-state index contributed by atoms with van der Waals surface area (Å²) in [7, 11) is 1.74. The second kappa shape index (κ2) is 9.11. The van der Waals surface area contributed by atoms with Crippen molar-refractivity contribution in [2.75, 3.05) is 5.75 Å². The van der Waals surface area contributed by atoms with Crippen LogP contribution in [0.15, 0.2) is 16.0 Å². The highest BCUT2D eigenvalue weighted by Crippen LogP contribution is 2.18. The molecule has 0 aromatic carbocycles. The van der Waals surface area contributed by atoms with Crippen LogP contribution >= 0.6 is 11.8 Å². The Kier molecular flexibility index (Phi) is 7.15. The second-order valence-electron chi connectivity index (χ2n) is 6.29. The summed E-state index contributed by atoms with van der Waals surface area (Å²) in [4.78, 5) is 28.0. The van der Waals surface area contributed by atoms with Gasteiger partial charge in [-0.15, -0.1) is 0 Å². The SMILES string of the molecule is Cc1cc(=O)n(C)c(SCCCCC(=O)NC2CCCCC2)n1. The summed E-state index contributed by atoms with van der Waals surface area (Å²) in [6, 6.07) is 1.94. The third-order valence-corrected chi connectivity index (χ3v) is 5.34. The number of aromatic nitrogens is 2. The number of hydrogen-bond donors (Lipinski definition) is 1. The van der Waals surface area contributed by atoms with Gasteiger partial charge in [0.25, 0.3) is 5.56 Å². The molecular formula is C17H27N3O2S. The van der Waals surface area contributed by atoms with Crippen molar-refractivity contribution < 1.29 is 4.79 Å². The summed E-state index contributed by atoms with van der Waals surface area (Å²) in [5.74, 6) is 1.06. The molecule has 23 heavy (non-hydrogen) atoms. The average Bonchev–Trinajstić information content (AvgIpc) is 2.52. The summed E-state index contributed by atoms with van der Waals surface area (Å²) in [5.41, 5.74) is 0.731. The zero-order valence-corrected chi connectivity index (χ0v) is 15.0. The Hall–Kier alpha value is -1.30. The van der Waals surface area contributed by atoms with Gasteiger partial charge in [0.05, 0.1) is 0 Å². The molecule has 0 bridgehead atoms. The van der Waals surface area contributed by atoms with Crippen LogP contribution in [0.2, 0.25) is 0 Å². The van der Waals surface area contributed by atoms with Crippen molar-refractivity contribution in [2.45, 2.75) is 69.5 Å². The maximum Gasteiger partial charge on any atom is 0.254 e. The molecule has 128 valence electrons. The van der Waals surface area contributed by atoms with Crippen LogP contribution in [0.4, 0.5) is 0 Å². The summed E-state index contributed by atoms with van der Waals surface area (Å²) < 4.78 is 1.58. The Bertz CT molecular complexity index is 580. The largest absolute Gasteiger partial charge is 0.353 e. The molecule has 2 rings (SSSR count). The molecule has 1 aliphatic rings. The van der Waals surface area contributed by atoms with Gasteiger partial charge in [0.15, 0.2) is 5.16 Å². The van der Waals surface area contributed by atoms with Gasteiger partial charge in [-0.25, -0.2) is 4.98 Å². The Balaban J connectivity index is 1.64. The summed E-state index contributed by atoms with van der Waals surface area (Å²) in [6.07, 6.45) is 8.48. The topological polar surface area (TPSA) is 64.0 Å². The molecule has 1 fully saturated rings. The fourth-order valence-electron chi connectivity index (χ4n) is 2.85. The van der Waals surface area contributed by atoms with E-state index >= 15 is 0 Å². The van der Waals surface area contributed by atoms with Crippen LogP contribution in [0.3, 0.4) is 0 Å². The predicted octanol–water partition coefficient (Wildman–Crippen LogP) is 2.80. The van der Waals surface area contributed by atoms with Gasteiger partial charge < -0.3 is 5.32 Å². The minimum Gasteiger partial charge on any atom is -0.353 e. The Morgan fingerprint density at radius 1 is 1.35 bits per heavy atom. The zero-order chi connectivity index (χ0) is 16.7. The van der Waals surface area contributed by atoms with E-state index in [9.17, 15) is 9.59 Å². The number of carbonyl (C=O) groups excluding carboxylic acids is 1. The lowest BCUT2D eigenvalue weighted by Crippen LogP contribution is -2.35. The molecule has 0 radical (unpaired) electrons. The smallest absolute Gasteiger partial charge is 0.254 e. The van der Waals surface area contributed by atoms with E-state index in [1.807, 2.05) is 6.92 Å². The minimum atomic E-state index is -0.0214. The van der Waals surface area contributed by atoms with E-state index < -0.39 is 0 Å². The number of rotatable bonds is 7. The number of amides is 1. The lowest BCUT2D eigenvalue weighted by molar-refractivity contribution is -0.122. The minimum absolute atomic E-state index is 0.0214. The Morgan fingerprint density at radius 2 is 2.09 bits per heavy atom. The Labute approximate surface area is 142 Å². The molecule has 1 saturated carbocycles. The number of aryl methyl sites for hydroxylation is 1. The van der Waals surface area contributed by atoms with E-state index in [0.717, 1.165) is 42.3 Å². The van der Waals surface area contributed by atoms with Crippen molar-refractivity contribution in [1.82, 2.24) is 14.9 Å². The van der Waals surface area contributed by atoms with Crippen LogP contribution in [-0.4, -0.2) is 27.3 Å². The van der Waals surface area contributed by atoms with Crippen molar-refractivity contribution >= 4 is 17.7 Å². The second-order valence-corrected chi connectivity index (χ2v) is 7.35. The quantitative estimate of drug-likeness (QED) is 0.472. The highest BCUT2D eigenvalue weighted by molar-refractivity contribution is 7.99. The van der Waals surface area contributed by atoms with Gasteiger partial charge in [-0.05, 0) is 32.6 Å². The fraction of sp³-hybridized carbons (Fsp3) is 0.706. The highest BCUT2D eigenvalue weighted by atomic mass is 32.2. The fourth-order valence-corrected chi connectivity index (χ4v) is 3.88. The number of hydrogen-bond acceptors (Lipinski definition) is 4. The maximum absolute atomic E-state index is 11.9. The van der Waals surface area contributed by atoms with Gasteiger partial charge in [-0.3, -0.25) is 14.2 Å². The van der Waals surface area contributed by atoms with E-state index in [0.29, 0.717) is 12.5 Å². The van der Waals surface area contributed by atoms with Crippen molar-refractivity contribution in [2.24, 2.45) is 7.05 Å². The molecule has 0 spiro atoms. The molecule has 1 aliphatic carbocycles. The molecule has 1 heterocycles. The third kappa shape index (κ3) is 6.01. The normalized spacial score (nSPS) is 15.6. The van der Waals surface area contributed by atoms with E-state index in [2.05, 4.69) is 10.3 Å². The number of carbonyl (C=O) groups is 1. The number of thioether (sulfide) groups is 1. The van der Waals surface area contributed by atoms with E-state index in [-0.39, 0.29) is 11.5 Å². The van der Waals surface area contributed by atoms with E-state index in [1.165, 1.54) is 19.3 Å². The van der Waals surface area contributed by atoms with Gasteiger partial charge >= 0.3 is 0 Å². The molecule has 0 unspecified atom stereocenters. The molecule has 1 aromatic heterocycles. The number of nitrogens with zero attached hydrogens (tertiary/aromatic N) is 2. The van der Waals surface area contributed by atoms with Crippen molar-refractivity contribution in [3.8, 4) is 0 Å². The van der Waals surface area contributed by atoms with E-state index in [1.54, 1.807) is 29.4 Å². The number of unbranched alkanes of at least 4 members (excludes halogenated alkanes) is 1. The van der Waals surface area contributed by atoms with Crippen molar-refractivity contribution in [3.05, 3.63) is 22.1 Å². The molecule has 1 aromatic rings.